The Kier molecular flexibility index (Phi) is 6.08. The first kappa shape index (κ1) is 18.9. The van der Waals surface area contributed by atoms with Crippen molar-refractivity contribution in [1.29, 1.82) is 0 Å². The fourth-order valence-corrected chi connectivity index (χ4v) is 3.07. The number of nitrogens with zero attached hydrogens (tertiary/aromatic N) is 1. The molecule has 0 saturated heterocycles. The van der Waals surface area contributed by atoms with Crippen LogP contribution < -0.4 is 20.1 Å². The molecule has 6 nitrogen and oxygen atoms in total. The lowest BCUT2D eigenvalue weighted by Gasteiger charge is -2.14. The average Bonchev–Trinajstić information content (AvgIpc) is 3.09. The van der Waals surface area contributed by atoms with Gasteiger partial charge >= 0.3 is 0 Å². The van der Waals surface area contributed by atoms with Crippen molar-refractivity contribution in [1.82, 2.24) is 10.3 Å². The second-order valence-electron chi connectivity index (χ2n) is 5.95. The van der Waals surface area contributed by atoms with Crippen molar-refractivity contribution in [2.45, 2.75) is 6.42 Å². The summed E-state index contributed by atoms with van der Waals surface area (Å²) in [6, 6.07) is 11.5. The van der Waals surface area contributed by atoms with Crippen molar-refractivity contribution in [2.24, 2.45) is 4.99 Å². The Labute approximate surface area is 163 Å². The van der Waals surface area contributed by atoms with E-state index in [-0.39, 0.29) is 0 Å². The second-order valence-corrected chi connectivity index (χ2v) is 6.38. The molecule has 0 saturated carbocycles. The number of aliphatic imine (C=N–C) groups is 1. The highest BCUT2D eigenvalue weighted by Gasteiger charge is 2.07. The van der Waals surface area contributed by atoms with Crippen molar-refractivity contribution in [2.75, 3.05) is 33.1 Å². The zero-order chi connectivity index (χ0) is 19.2. The predicted molar refractivity (Wildman–Crippen MR) is 112 cm³/mol. The molecule has 0 aliphatic heterocycles. The summed E-state index contributed by atoms with van der Waals surface area (Å²) < 4.78 is 10.6. The number of anilines is 1. The molecule has 3 N–H and O–H groups in total. The molecule has 0 bridgehead atoms. The number of methoxy groups -OCH3 is 2. The van der Waals surface area contributed by atoms with Crippen LogP contribution in [0.3, 0.4) is 0 Å². The van der Waals surface area contributed by atoms with Crippen LogP contribution in [0.15, 0.2) is 47.6 Å². The van der Waals surface area contributed by atoms with Gasteiger partial charge in [-0.3, -0.25) is 4.99 Å². The minimum Gasteiger partial charge on any atom is -0.493 e. The van der Waals surface area contributed by atoms with E-state index in [2.05, 4.69) is 20.6 Å². The highest BCUT2D eigenvalue weighted by molar-refractivity contribution is 6.31. The fraction of sp³-hybridized carbons (Fsp3) is 0.250. The van der Waals surface area contributed by atoms with Gasteiger partial charge in [0.25, 0.3) is 0 Å². The Morgan fingerprint density at radius 2 is 1.93 bits per heavy atom. The lowest BCUT2D eigenvalue weighted by atomic mass is 10.1. The first-order valence-electron chi connectivity index (χ1n) is 8.60. The topological polar surface area (TPSA) is 70.7 Å². The van der Waals surface area contributed by atoms with Gasteiger partial charge < -0.3 is 25.1 Å². The van der Waals surface area contributed by atoms with Crippen LogP contribution in [0.2, 0.25) is 5.02 Å². The Balaban J connectivity index is 1.61. The number of rotatable bonds is 6. The molecule has 0 fully saturated rings. The maximum absolute atomic E-state index is 6.11. The summed E-state index contributed by atoms with van der Waals surface area (Å²) in [7, 11) is 4.97. The summed E-state index contributed by atoms with van der Waals surface area (Å²) in [4.78, 5) is 7.54. The Morgan fingerprint density at radius 3 is 2.67 bits per heavy atom. The van der Waals surface area contributed by atoms with Crippen LogP contribution in [0, 0.1) is 0 Å². The largest absolute Gasteiger partial charge is 0.493 e. The Hall–Kier alpha value is -2.86. The average molecular weight is 387 g/mol. The van der Waals surface area contributed by atoms with E-state index in [1.54, 1.807) is 21.3 Å². The van der Waals surface area contributed by atoms with E-state index in [1.807, 2.05) is 42.6 Å². The van der Waals surface area contributed by atoms with Gasteiger partial charge in [-0.25, -0.2) is 0 Å². The summed E-state index contributed by atoms with van der Waals surface area (Å²) in [5.74, 6) is 2.03. The van der Waals surface area contributed by atoms with E-state index in [9.17, 15) is 0 Å². The molecule has 3 aromatic rings. The van der Waals surface area contributed by atoms with E-state index < -0.39 is 0 Å². The van der Waals surface area contributed by atoms with Crippen molar-refractivity contribution in [3.05, 3.63) is 53.2 Å². The maximum atomic E-state index is 6.11. The lowest BCUT2D eigenvalue weighted by Crippen LogP contribution is -2.32. The van der Waals surface area contributed by atoms with Gasteiger partial charge in [-0.05, 0) is 42.3 Å². The molecular formula is C20H23ClN4O2. The molecule has 1 aromatic heterocycles. The number of guanidine groups is 1. The zero-order valence-corrected chi connectivity index (χ0v) is 16.4. The molecule has 7 heteroatoms. The van der Waals surface area contributed by atoms with Crippen molar-refractivity contribution in [3.63, 3.8) is 0 Å². The molecule has 0 amide bonds. The number of aromatic nitrogens is 1. The summed E-state index contributed by atoms with van der Waals surface area (Å²) in [6.07, 6.45) is 2.86. The number of hydrogen-bond acceptors (Lipinski definition) is 3. The third-order valence-electron chi connectivity index (χ3n) is 4.29. The molecule has 0 spiro atoms. The van der Waals surface area contributed by atoms with Crippen LogP contribution in [0.25, 0.3) is 10.9 Å². The molecule has 0 atom stereocenters. The monoisotopic (exact) mass is 386 g/mol. The van der Waals surface area contributed by atoms with Gasteiger partial charge in [-0.15, -0.1) is 0 Å². The first-order chi connectivity index (χ1) is 13.1. The summed E-state index contributed by atoms with van der Waals surface area (Å²) >= 11 is 6.11. The number of ether oxygens (including phenoxy) is 2. The van der Waals surface area contributed by atoms with E-state index >= 15 is 0 Å². The Bertz CT molecular complexity index is 952. The third-order valence-corrected chi connectivity index (χ3v) is 4.52. The van der Waals surface area contributed by atoms with Crippen LogP contribution in [0.5, 0.6) is 11.5 Å². The zero-order valence-electron chi connectivity index (χ0n) is 15.6. The number of H-pyrrole nitrogens is 1. The SMILES string of the molecule is CN=C(NCCc1c[nH]c2ccc(Cl)cc12)Nc1ccc(OC)c(OC)c1. The van der Waals surface area contributed by atoms with Gasteiger partial charge in [0, 0.05) is 47.5 Å². The summed E-state index contributed by atoms with van der Waals surface area (Å²) in [6.45, 7) is 0.729. The van der Waals surface area contributed by atoms with Crippen LogP contribution in [0.1, 0.15) is 5.56 Å². The van der Waals surface area contributed by atoms with Crippen molar-refractivity contribution >= 4 is 34.2 Å². The number of fused-ring (bicyclic) bond motifs is 1. The number of halogens is 1. The highest BCUT2D eigenvalue weighted by Crippen LogP contribution is 2.29. The molecule has 0 aliphatic rings. The van der Waals surface area contributed by atoms with Gasteiger partial charge in [0.15, 0.2) is 17.5 Å². The Morgan fingerprint density at radius 1 is 1.11 bits per heavy atom. The molecule has 0 radical (unpaired) electrons. The van der Waals surface area contributed by atoms with Crippen molar-refractivity contribution < 1.29 is 9.47 Å². The summed E-state index contributed by atoms with van der Waals surface area (Å²) in [5, 5.41) is 8.46. The van der Waals surface area contributed by atoms with Crippen LogP contribution in [-0.4, -0.2) is 38.8 Å². The number of aromatic amines is 1. The van der Waals surface area contributed by atoms with Gasteiger partial charge in [-0.1, -0.05) is 11.6 Å². The standard InChI is InChI=1S/C20H23ClN4O2/c1-22-20(25-15-5-7-18(26-2)19(11-15)27-3)23-9-8-13-12-24-17-6-4-14(21)10-16(13)17/h4-7,10-12,24H,8-9H2,1-3H3,(H2,22,23,25). The van der Waals surface area contributed by atoms with E-state index in [0.717, 1.165) is 34.6 Å². The van der Waals surface area contributed by atoms with Crippen LogP contribution >= 0.6 is 11.6 Å². The predicted octanol–water partition coefficient (Wildman–Crippen LogP) is 4.07. The van der Waals surface area contributed by atoms with E-state index in [0.29, 0.717) is 17.5 Å². The molecule has 27 heavy (non-hydrogen) atoms. The van der Waals surface area contributed by atoms with Gasteiger partial charge in [0.2, 0.25) is 0 Å². The van der Waals surface area contributed by atoms with Crippen LogP contribution in [0.4, 0.5) is 5.69 Å². The minimum absolute atomic E-state index is 0.661. The maximum Gasteiger partial charge on any atom is 0.195 e. The van der Waals surface area contributed by atoms with Gasteiger partial charge in [-0.2, -0.15) is 0 Å². The fourth-order valence-electron chi connectivity index (χ4n) is 2.90. The number of hydrogen-bond donors (Lipinski definition) is 3. The van der Waals surface area contributed by atoms with Crippen LogP contribution in [-0.2, 0) is 6.42 Å². The lowest BCUT2D eigenvalue weighted by molar-refractivity contribution is 0.355. The number of nitrogens with one attached hydrogen (secondary N) is 3. The molecule has 0 unspecified atom stereocenters. The molecule has 0 aliphatic carbocycles. The molecule has 1 heterocycles. The van der Waals surface area contributed by atoms with Crippen molar-refractivity contribution in [3.8, 4) is 11.5 Å². The minimum atomic E-state index is 0.661. The van der Waals surface area contributed by atoms with Gasteiger partial charge in [0.1, 0.15) is 0 Å². The van der Waals surface area contributed by atoms with E-state index in [4.69, 9.17) is 21.1 Å². The third kappa shape index (κ3) is 4.46. The highest BCUT2D eigenvalue weighted by atomic mass is 35.5. The molecular weight excluding hydrogens is 364 g/mol. The molecule has 2 aromatic carbocycles. The summed E-state index contributed by atoms with van der Waals surface area (Å²) in [5.41, 5.74) is 3.16. The quantitative estimate of drug-likeness (QED) is 0.441. The first-order valence-corrected chi connectivity index (χ1v) is 8.97. The smallest absolute Gasteiger partial charge is 0.195 e. The van der Waals surface area contributed by atoms with E-state index in [1.165, 1.54) is 5.56 Å². The molecule has 142 valence electrons. The second kappa shape index (κ2) is 8.68. The van der Waals surface area contributed by atoms with Gasteiger partial charge in [0.05, 0.1) is 14.2 Å². The molecule has 3 rings (SSSR count). The number of benzene rings is 2. The normalized spacial score (nSPS) is 11.5.